The van der Waals surface area contributed by atoms with Gasteiger partial charge in [-0.25, -0.2) is 8.78 Å². The highest BCUT2D eigenvalue weighted by Gasteiger charge is 2.37. The Hall–Kier alpha value is -0.400. The molecule has 0 aromatic heterocycles. The first-order valence-electron chi connectivity index (χ1n) is 4.17. The maximum atomic E-state index is 12.7. The van der Waals surface area contributed by atoms with Gasteiger partial charge in [0.05, 0.1) is 19.2 Å². The minimum atomic E-state index is -2.95. The molecule has 7 heteroatoms. The van der Waals surface area contributed by atoms with Crippen molar-refractivity contribution >= 4 is 0 Å². The average molecular weight is 216 g/mol. The second-order valence-corrected chi connectivity index (χ2v) is 3.27. The van der Waals surface area contributed by atoms with Crippen LogP contribution >= 0.6 is 0 Å². The topological polar surface area (TPSA) is 38.5 Å². The van der Waals surface area contributed by atoms with E-state index in [0.717, 1.165) is 0 Å². The number of nitrogens with zero attached hydrogens (tertiary/aromatic N) is 1. The van der Waals surface area contributed by atoms with E-state index in [1.54, 1.807) is 0 Å². The molecule has 2 N–H and O–H groups in total. The first kappa shape index (κ1) is 11.7. The Morgan fingerprint density at radius 1 is 1.43 bits per heavy atom. The second-order valence-electron chi connectivity index (χ2n) is 3.27. The van der Waals surface area contributed by atoms with Crippen molar-refractivity contribution in [2.75, 3.05) is 26.2 Å². The van der Waals surface area contributed by atoms with Gasteiger partial charge in [0.2, 0.25) is 0 Å². The van der Waals surface area contributed by atoms with Gasteiger partial charge in [-0.1, -0.05) is 0 Å². The Labute approximate surface area is 78.8 Å². The molecule has 0 saturated carbocycles. The third-order valence-corrected chi connectivity index (χ3v) is 1.97. The second kappa shape index (κ2) is 4.41. The molecular weight excluding hydrogens is 204 g/mol. The zero-order valence-corrected chi connectivity index (χ0v) is 7.43. The predicted molar refractivity (Wildman–Crippen MR) is 41.3 cm³/mol. The summed E-state index contributed by atoms with van der Waals surface area (Å²) >= 11 is 0. The Balaban J connectivity index is 2.16. The van der Waals surface area contributed by atoms with Crippen LogP contribution in [0.25, 0.3) is 0 Å². The minimum absolute atomic E-state index is 0.111. The van der Waals surface area contributed by atoms with Gasteiger partial charge in [0, 0.05) is 13.1 Å². The molecule has 3 nitrogen and oxygen atoms in total. The summed E-state index contributed by atoms with van der Waals surface area (Å²) in [7, 11) is 0. The van der Waals surface area contributed by atoms with Gasteiger partial charge < -0.3 is 10.5 Å². The van der Waals surface area contributed by atoms with Crippen molar-refractivity contribution in [3.05, 3.63) is 0 Å². The molecule has 0 aromatic carbocycles. The Morgan fingerprint density at radius 3 is 2.43 bits per heavy atom. The number of hydrogen-bond acceptors (Lipinski definition) is 3. The van der Waals surface area contributed by atoms with Gasteiger partial charge in [0.1, 0.15) is 0 Å². The molecule has 0 bridgehead atoms. The van der Waals surface area contributed by atoms with Crippen molar-refractivity contribution < 1.29 is 22.3 Å². The average Bonchev–Trinajstić information content (AvgIpc) is 1.99. The Morgan fingerprint density at radius 2 is 2.00 bits per heavy atom. The molecular formula is C7H12F4N2O. The summed E-state index contributed by atoms with van der Waals surface area (Å²) in [4.78, 5) is 1.33. The molecule has 0 spiro atoms. The molecule has 0 amide bonds. The number of ether oxygens (including phenoxy) is 1. The van der Waals surface area contributed by atoms with Crippen LogP contribution in [-0.4, -0.2) is 49.7 Å². The van der Waals surface area contributed by atoms with Crippen LogP contribution < -0.4 is 5.73 Å². The fourth-order valence-electron chi connectivity index (χ4n) is 1.27. The van der Waals surface area contributed by atoms with Crippen LogP contribution in [0.3, 0.4) is 0 Å². The molecule has 1 fully saturated rings. The highest BCUT2D eigenvalue weighted by molar-refractivity contribution is 4.85. The Kier molecular flexibility index (Phi) is 3.68. The van der Waals surface area contributed by atoms with Gasteiger partial charge in [-0.05, 0) is 0 Å². The summed E-state index contributed by atoms with van der Waals surface area (Å²) in [5.74, 6) is -2.95. The monoisotopic (exact) mass is 216 g/mol. The zero-order valence-electron chi connectivity index (χ0n) is 7.43. The molecule has 0 atom stereocenters. The van der Waals surface area contributed by atoms with E-state index >= 15 is 0 Å². The molecule has 1 aliphatic heterocycles. The maximum absolute atomic E-state index is 12.7. The summed E-state index contributed by atoms with van der Waals surface area (Å²) in [5.41, 5.74) is 4.82. The summed E-state index contributed by atoms with van der Waals surface area (Å²) in [6, 6.07) is 0. The lowest BCUT2D eigenvalue weighted by Crippen LogP contribution is -2.57. The molecule has 1 saturated heterocycles. The van der Waals surface area contributed by atoms with Crippen molar-refractivity contribution in [2.24, 2.45) is 5.73 Å². The lowest BCUT2D eigenvalue weighted by Gasteiger charge is -2.39. The van der Waals surface area contributed by atoms with Gasteiger partial charge >= 0.3 is 6.61 Å². The van der Waals surface area contributed by atoms with Crippen LogP contribution in [0, 0.1) is 0 Å². The number of likely N-dealkylation sites (tertiary alicyclic amines) is 1. The summed E-state index contributed by atoms with van der Waals surface area (Å²) in [5, 5.41) is 0. The number of nitrogens with two attached hydrogens (primary N) is 1. The smallest absolute Gasteiger partial charge is 0.325 e. The van der Waals surface area contributed by atoms with Crippen molar-refractivity contribution in [1.29, 1.82) is 0 Å². The van der Waals surface area contributed by atoms with Crippen molar-refractivity contribution in [3.63, 3.8) is 0 Å². The number of rotatable bonds is 5. The molecule has 1 heterocycles. The fraction of sp³-hybridized carbons (Fsp3) is 1.00. The number of alkyl halides is 4. The SMILES string of the molecule is NCC(F)(F)CN1CC(OC(F)F)C1. The fourth-order valence-corrected chi connectivity index (χ4v) is 1.27. The molecule has 0 radical (unpaired) electrons. The summed E-state index contributed by atoms with van der Waals surface area (Å²) in [6.45, 7) is -3.84. The quantitative estimate of drug-likeness (QED) is 0.680. The van der Waals surface area contributed by atoms with Crippen LogP contribution in [0.4, 0.5) is 17.6 Å². The van der Waals surface area contributed by atoms with E-state index in [0.29, 0.717) is 0 Å². The predicted octanol–water partition coefficient (Wildman–Crippen LogP) is 0.504. The normalized spacial score (nSPS) is 20.1. The van der Waals surface area contributed by atoms with E-state index < -0.39 is 31.7 Å². The highest BCUT2D eigenvalue weighted by atomic mass is 19.3. The standard InChI is InChI=1S/C7H12F4N2O/c8-6(9)14-5-1-13(2-5)4-7(10,11)3-12/h5-6H,1-4,12H2. The van der Waals surface area contributed by atoms with Gasteiger partial charge in [-0.15, -0.1) is 0 Å². The Bertz CT molecular complexity index is 185. The van der Waals surface area contributed by atoms with Crippen LogP contribution in [0.15, 0.2) is 0 Å². The molecule has 0 aromatic rings. The minimum Gasteiger partial charge on any atom is -0.325 e. The zero-order chi connectivity index (χ0) is 10.8. The molecule has 0 unspecified atom stereocenters. The van der Waals surface area contributed by atoms with Gasteiger partial charge in [0.25, 0.3) is 5.92 Å². The first-order chi connectivity index (χ1) is 6.43. The van der Waals surface area contributed by atoms with E-state index in [2.05, 4.69) is 4.74 Å². The van der Waals surface area contributed by atoms with E-state index in [-0.39, 0.29) is 13.1 Å². The maximum Gasteiger partial charge on any atom is 0.345 e. The third kappa shape index (κ3) is 3.39. The van der Waals surface area contributed by atoms with Crippen molar-refractivity contribution in [1.82, 2.24) is 4.90 Å². The van der Waals surface area contributed by atoms with Gasteiger partial charge in [0.15, 0.2) is 0 Å². The lowest BCUT2D eigenvalue weighted by atomic mass is 10.1. The van der Waals surface area contributed by atoms with E-state index in [9.17, 15) is 17.6 Å². The molecule has 1 rings (SSSR count). The molecule has 0 aliphatic carbocycles. The first-order valence-corrected chi connectivity index (χ1v) is 4.17. The van der Waals surface area contributed by atoms with Crippen molar-refractivity contribution in [2.45, 2.75) is 18.6 Å². The van der Waals surface area contributed by atoms with Crippen LogP contribution in [0.1, 0.15) is 0 Å². The third-order valence-electron chi connectivity index (χ3n) is 1.97. The van der Waals surface area contributed by atoms with E-state index in [4.69, 9.17) is 5.73 Å². The number of halogens is 4. The van der Waals surface area contributed by atoms with E-state index in [1.807, 2.05) is 0 Å². The molecule has 1 aliphatic rings. The van der Waals surface area contributed by atoms with Crippen LogP contribution in [0.2, 0.25) is 0 Å². The largest absolute Gasteiger partial charge is 0.345 e. The lowest BCUT2D eigenvalue weighted by molar-refractivity contribution is -0.202. The van der Waals surface area contributed by atoms with Crippen LogP contribution in [0.5, 0.6) is 0 Å². The number of hydrogen-bond donors (Lipinski definition) is 1. The van der Waals surface area contributed by atoms with E-state index in [1.165, 1.54) is 4.90 Å². The van der Waals surface area contributed by atoms with Crippen LogP contribution in [-0.2, 0) is 4.74 Å². The summed E-state index contributed by atoms with van der Waals surface area (Å²) < 4.78 is 52.7. The van der Waals surface area contributed by atoms with Gasteiger partial charge in [-0.3, -0.25) is 4.90 Å². The molecule has 84 valence electrons. The molecule has 14 heavy (non-hydrogen) atoms. The summed E-state index contributed by atoms with van der Waals surface area (Å²) in [6.07, 6.45) is -0.636. The highest BCUT2D eigenvalue weighted by Crippen LogP contribution is 2.20. The van der Waals surface area contributed by atoms with Gasteiger partial charge in [-0.2, -0.15) is 8.78 Å². The van der Waals surface area contributed by atoms with Crippen molar-refractivity contribution in [3.8, 4) is 0 Å².